The highest BCUT2D eigenvalue weighted by atomic mass is 19.1. The lowest BCUT2D eigenvalue weighted by molar-refractivity contribution is -0.121. The van der Waals surface area contributed by atoms with Crippen molar-refractivity contribution in [3.8, 4) is 11.5 Å². The van der Waals surface area contributed by atoms with E-state index >= 15 is 0 Å². The lowest BCUT2D eigenvalue weighted by Gasteiger charge is -2.36. The Hall–Kier alpha value is -3.62. The third-order valence-electron chi connectivity index (χ3n) is 6.32. The van der Waals surface area contributed by atoms with Crippen molar-refractivity contribution >= 4 is 17.4 Å². The summed E-state index contributed by atoms with van der Waals surface area (Å²) in [7, 11) is 0. The molecular formula is C23H24FN7O. The van der Waals surface area contributed by atoms with Crippen LogP contribution in [-0.4, -0.2) is 45.5 Å². The topological polar surface area (TPSA) is 101 Å². The summed E-state index contributed by atoms with van der Waals surface area (Å²) in [6.45, 7) is 3.87. The normalized spacial score (nSPS) is 20.3. The van der Waals surface area contributed by atoms with E-state index in [1.165, 1.54) is 6.07 Å². The molecule has 164 valence electrons. The largest absolute Gasteiger partial charge is 0.370 e. The summed E-state index contributed by atoms with van der Waals surface area (Å²) in [5.41, 5.74) is 8.88. The molecule has 3 aromatic heterocycles. The highest BCUT2D eigenvalue weighted by Crippen LogP contribution is 2.34. The van der Waals surface area contributed by atoms with Crippen LogP contribution >= 0.6 is 0 Å². The third-order valence-corrected chi connectivity index (χ3v) is 6.32. The molecule has 3 aromatic rings. The van der Waals surface area contributed by atoms with Crippen LogP contribution in [0.15, 0.2) is 42.7 Å². The first kappa shape index (κ1) is 20.3. The van der Waals surface area contributed by atoms with Crippen molar-refractivity contribution in [2.75, 3.05) is 29.4 Å². The van der Waals surface area contributed by atoms with Gasteiger partial charge in [0.15, 0.2) is 5.82 Å². The lowest BCUT2D eigenvalue weighted by Crippen LogP contribution is -2.35. The fourth-order valence-corrected chi connectivity index (χ4v) is 4.52. The quantitative estimate of drug-likeness (QED) is 0.631. The van der Waals surface area contributed by atoms with Gasteiger partial charge in [0.1, 0.15) is 11.5 Å². The number of pyridine rings is 2. The minimum Gasteiger partial charge on any atom is -0.370 e. The molecule has 1 fully saturated rings. The molecule has 32 heavy (non-hydrogen) atoms. The number of nitrogens with zero attached hydrogens (tertiary/aromatic N) is 6. The van der Waals surface area contributed by atoms with Gasteiger partial charge in [0.2, 0.25) is 11.9 Å². The maximum atomic E-state index is 14.5. The molecule has 1 saturated heterocycles. The molecule has 9 heteroatoms. The Morgan fingerprint density at radius 2 is 2.06 bits per heavy atom. The molecule has 0 radical (unpaired) electrons. The predicted molar refractivity (Wildman–Crippen MR) is 118 cm³/mol. The van der Waals surface area contributed by atoms with Crippen molar-refractivity contribution in [3.63, 3.8) is 0 Å². The van der Waals surface area contributed by atoms with E-state index in [-0.39, 0.29) is 17.9 Å². The second-order valence-electron chi connectivity index (χ2n) is 8.27. The van der Waals surface area contributed by atoms with Crippen LogP contribution in [-0.2, 0) is 11.2 Å². The number of carbonyl (C=O) groups excluding carboxylic acids is 1. The molecule has 0 bridgehead atoms. The first-order valence-corrected chi connectivity index (χ1v) is 10.8. The van der Waals surface area contributed by atoms with Crippen molar-refractivity contribution in [1.29, 1.82) is 0 Å². The third kappa shape index (κ3) is 3.74. The molecule has 2 N–H and O–H groups in total. The molecule has 5 rings (SSSR count). The van der Waals surface area contributed by atoms with E-state index in [1.54, 1.807) is 6.20 Å². The molecule has 2 atom stereocenters. The first-order valence-electron chi connectivity index (χ1n) is 10.8. The van der Waals surface area contributed by atoms with E-state index in [2.05, 4.69) is 19.9 Å². The second-order valence-corrected chi connectivity index (χ2v) is 8.27. The lowest BCUT2D eigenvalue weighted by atomic mass is 9.99. The van der Waals surface area contributed by atoms with Crippen LogP contribution in [0.25, 0.3) is 11.5 Å². The molecule has 2 unspecified atom stereocenters. The fourth-order valence-electron chi connectivity index (χ4n) is 4.52. The van der Waals surface area contributed by atoms with Gasteiger partial charge in [-0.2, -0.15) is 4.39 Å². The van der Waals surface area contributed by atoms with E-state index in [1.807, 2.05) is 42.3 Å². The summed E-state index contributed by atoms with van der Waals surface area (Å²) in [5.74, 6) is 0.109. The zero-order chi connectivity index (χ0) is 22.2. The smallest absolute Gasteiger partial charge is 0.222 e. The van der Waals surface area contributed by atoms with Crippen molar-refractivity contribution in [2.24, 2.45) is 11.7 Å². The van der Waals surface area contributed by atoms with Crippen molar-refractivity contribution in [3.05, 3.63) is 59.9 Å². The van der Waals surface area contributed by atoms with Crippen LogP contribution < -0.4 is 15.5 Å². The van der Waals surface area contributed by atoms with E-state index in [4.69, 9.17) is 10.7 Å². The SMILES string of the molecule is CC1c2cnc(-c3ccccn3)nc2CCN1c1cc(N2CCC(C(N)=O)C2)cc(F)n1. The second kappa shape index (κ2) is 8.14. The van der Waals surface area contributed by atoms with Crippen molar-refractivity contribution in [2.45, 2.75) is 25.8 Å². The van der Waals surface area contributed by atoms with Crippen LogP contribution in [0.2, 0.25) is 0 Å². The average Bonchev–Trinajstić information content (AvgIpc) is 3.30. The van der Waals surface area contributed by atoms with Crippen LogP contribution in [0.5, 0.6) is 0 Å². The number of primary amides is 1. The number of amides is 1. The van der Waals surface area contributed by atoms with Gasteiger partial charge in [-0.3, -0.25) is 9.78 Å². The molecule has 0 aliphatic carbocycles. The summed E-state index contributed by atoms with van der Waals surface area (Å²) in [6.07, 6.45) is 4.93. The van der Waals surface area contributed by atoms with E-state index < -0.39 is 5.95 Å². The van der Waals surface area contributed by atoms with Gasteiger partial charge in [-0.15, -0.1) is 0 Å². The number of hydrogen-bond donors (Lipinski definition) is 1. The monoisotopic (exact) mass is 433 g/mol. The van der Waals surface area contributed by atoms with Gasteiger partial charge in [0.05, 0.1) is 17.7 Å². The zero-order valence-corrected chi connectivity index (χ0v) is 17.8. The number of rotatable bonds is 4. The number of aromatic nitrogens is 4. The number of fused-ring (bicyclic) bond motifs is 1. The summed E-state index contributed by atoms with van der Waals surface area (Å²) in [4.78, 5) is 33.3. The van der Waals surface area contributed by atoms with Crippen molar-refractivity contribution in [1.82, 2.24) is 19.9 Å². The maximum absolute atomic E-state index is 14.5. The molecule has 5 heterocycles. The first-order chi connectivity index (χ1) is 15.5. The summed E-state index contributed by atoms with van der Waals surface area (Å²) < 4.78 is 14.5. The minimum absolute atomic E-state index is 0.0596. The number of nitrogens with two attached hydrogens (primary N) is 1. The number of carbonyl (C=O) groups is 1. The highest BCUT2D eigenvalue weighted by molar-refractivity contribution is 5.78. The highest BCUT2D eigenvalue weighted by Gasteiger charge is 2.30. The maximum Gasteiger partial charge on any atom is 0.222 e. The number of anilines is 2. The zero-order valence-electron chi connectivity index (χ0n) is 17.8. The molecular weight excluding hydrogens is 409 g/mol. The number of hydrogen-bond acceptors (Lipinski definition) is 7. The van der Waals surface area contributed by atoms with E-state index in [0.717, 1.165) is 22.6 Å². The Labute approximate surface area is 185 Å². The Bertz CT molecular complexity index is 1160. The standard InChI is InChI=1S/C23H24FN7O/c1-14-17-12-27-23(19-4-2-3-7-26-19)28-18(17)6-9-31(14)21-11-16(10-20(24)29-21)30-8-5-15(13-30)22(25)32/h2-4,7,10-12,14-15H,5-6,8-9,13H2,1H3,(H2,25,32). The van der Waals surface area contributed by atoms with Gasteiger partial charge in [-0.25, -0.2) is 15.0 Å². The van der Waals surface area contributed by atoms with Gasteiger partial charge >= 0.3 is 0 Å². The van der Waals surface area contributed by atoms with E-state index in [9.17, 15) is 9.18 Å². The van der Waals surface area contributed by atoms with Crippen LogP contribution in [0.3, 0.4) is 0 Å². The molecule has 0 spiro atoms. The Morgan fingerprint density at radius 1 is 1.19 bits per heavy atom. The number of halogens is 1. The van der Waals surface area contributed by atoms with E-state index in [0.29, 0.717) is 44.1 Å². The Kier molecular flexibility index (Phi) is 5.16. The average molecular weight is 433 g/mol. The van der Waals surface area contributed by atoms with Gasteiger partial charge in [0.25, 0.3) is 0 Å². The fraction of sp³-hybridized carbons (Fsp3) is 0.348. The van der Waals surface area contributed by atoms with Crippen molar-refractivity contribution < 1.29 is 9.18 Å². The van der Waals surface area contributed by atoms with Crippen LogP contribution in [0.4, 0.5) is 15.9 Å². The Morgan fingerprint density at radius 3 is 2.81 bits per heavy atom. The molecule has 0 aromatic carbocycles. The Balaban J connectivity index is 1.41. The minimum atomic E-state index is -0.542. The van der Waals surface area contributed by atoms with Crippen LogP contribution in [0, 0.1) is 11.9 Å². The van der Waals surface area contributed by atoms with Gasteiger partial charge in [-0.1, -0.05) is 6.07 Å². The van der Waals surface area contributed by atoms with Crippen LogP contribution in [0.1, 0.15) is 30.6 Å². The molecule has 2 aliphatic heterocycles. The summed E-state index contributed by atoms with van der Waals surface area (Å²) in [5, 5.41) is 0. The molecule has 2 aliphatic rings. The molecule has 8 nitrogen and oxygen atoms in total. The summed E-state index contributed by atoms with van der Waals surface area (Å²) in [6, 6.07) is 8.90. The van der Waals surface area contributed by atoms with Gasteiger partial charge < -0.3 is 15.5 Å². The summed E-state index contributed by atoms with van der Waals surface area (Å²) >= 11 is 0. The predicted octanol–water partition coefficient (Wildman–Crippen LogP) is 2.51. The van der Waals surface area contributed by atoms with Gasteiger partial charge in [0, 0.05) is 61.8 Å². The van der Waals surface area contributed by atoms with Gasteiger partial charge in [-0.05, 0) is 25.5 Å². The molecule has 0 saturated carbocycles. The molecule has 1 amide bonds.